The zero-order valence-corrected chi connectivity index (χ0v) is 14.3. The second-order valence-electron chi connectivity index (χ2n) is 5.64. The van der Waals surface area contributed by atoms with E-state index in [1.54, 1.807) is 24.3 Å². The number of hydrogen-bond donors (Lipinski definition) is 1. The number of aromatic carboxylic acids is 1. The van der Waals surface area contributed by atoms with Crippen LogP contribution >= 0.6 is 11.6 Å². The van der Waals surface area contributed by atoms with Gasteiger partial charge in [0.25, 0.3) is 0 Å². The summed E-state index contributed by atoms with van der Waals surface area (Å²) in [7, 11) is -3.53. The van der Waals surface area contributed by atoms with Gasteiger partial charge in [0.15, 0.2) is 0 Å². The van der Waals surface area contributed by atoms with Crippen molar-refractivity contribution in [1.82, 2.24) is 4.31 Å². The van der Waals surface area contributed by atoms with E-state index in [2.05, 4.69) is 0 Å². The first kappa shape index (κ1) is 17.0. The number of halogens is 1. The van der Waals surface area contributed by atoms with Gasteiger partial charge in [0.05, 0.1) is 10.5 Å². The van der Waals surface area contributed by atoms with E-state index in [-0.39, 0.29) is 10.5 Å². The van der Waals surface area contributed by atoms with Crippen LogP contribution in [0.1, 0.15) is 23.2 Å². The lowest BCUT2D eigenvalue weighted by Gasteiger charge is -2.16. The molecule has 0 radical (unpaired) electrons. The van der Waals surface area contributed by atoms with Gasteiger partial charge in [-0.15, -0.1) is 0 Å². The van der Waals surface area contributed by atoms with Crippen LogP contribution in [-0.2, 0) is 10.0 Å². The topological polar surface area (TPSA) is 74.7 Å². The molecule has 0 unspecified atom stereocenters. The minimum Gasteiger partial charge on any atom is -0.478 e. The van der Waals surface area contributed by atoms with Gasteiger partial charge in [0, 0.05) is 23.7 Å². The van der Waals surface area contributed by atoms with Crippen LogP contribution in [0, 0.1) is 0 Å². The number of carboxylic acids is 1. The fraction of sp³-hybridized carbons (Fsp3) is 0.235. The molecule has 24 heavy (non-hydrogen) atoms. The quantitative estimate of drug-likeness (QED) is 0.899. The summed E-state index contributed by atoms with van der Waals surface area (Å²) in [4.78, 5) is 11.3. The molecule has 3 rings (SSSR count). The molecular weight excluding hydrogens is 350 g/mol. The molecule has 126 valence electrons. The van der Waals surface area contributed by atoms with E-state index in [1.807, 2.05) is 0 Å². The minimum atomic E-state index is -3.53. The van der Waals surface area contributed by atoms with E-state index in [4.69, 9.17) is 16.7 Å². The average molecular weight is 366 g/mol. The predicted molar refractivity (Wildman–Crippen MR) is 91.8 cm³/mol. The largest absolute Gasteiger partial charge is 0.478 e. The van der Waals surface area contributed by atoms with Gasteiger partial charge in [-0.05, 0) is 48.7 Å². The Labute approximate surface area is 145 Å². The van der Waals surface area contributed by atoms with E-state index in [0.29, 0.717) is 29.2 Å². The molecule has 1 aliphatic rings. The highest BCUT2D eigenvalue weighted by Crippen LogP contribution is 2.31. The van der Waals surface area contributed by atoms with Crippen molar-refractivity contribution in [1.29, 1.82) is 0 Å². The molecule has 1 N–H and O–H groups in total. The Bertz CT molecular complexity index is 889. The van der Waals surface area contributed by atoms with E-state index in [1.165, 1.54) is 22.5 Å². The molecule has 0 bridgehead atoms. The standard InChI is InChI=1S/C17H16ClNO4S/c18-16-7-6-13(17(20)21)11-15(16)12-4-3-5-14(10-12)24(22,23)19-8-1-2-9-19/h3-7,10-11H,1-2,8-9H2,(H,20,21). The third-order valence-corrected chi connectivity index (χ3v) is 6.29. The number of carboxylic acid groups (broad SMARTS) is 1. The highest BCUT2D eigenvalue weighted by molar-refractivity contribution is 7.89. The van der Waals surface area contributed by atoms with Crippen molar-refractivity contribution in [2.45, 2.75) is 17.7 Å². The molecule has 0 aromatic heterocycles. The van der Waals surface area contributed by atoms with Crippen molar-refractivity contribution in [2.75, 3.05) is 13.1 Å². The number of hydrogen-bond acceptors (Lipinski definition) is 3. The van der Waals surface area contributed by atoms with Gasteiger partial charge >= 0.3 is 5.97 Å². The van der Waals surface area contributed by atoms with Gasteiger partial charge in [-0.3, -0.25) is 0 Å². The number of sulfonamides is 1. The van der Waals surface area contributed by atoms with E-state index in [0.717, 1.165) is 12.8 Å². The number of benzene rings is 2. The van der Waals surface area contributed by atoms with Crippen molar-refractivity contribution in [2.24, 2.45) is 0 Å². The lowest BCUT2D eigenvalue weighted by Crippen LogP contribution is -2.27. The number of nitrogens with zero attached hydrogens (tertiary/aromatic N) is 1. The van der Waals surface area contributed by atoms with Crippen LogP contribution in [-0.4, -0.2) is 36.9 Å². The predicted octanol–water partition coefficient (Wildman–Crippen LogP) is 3.49. The Morgan fingerprint density at radius 2 is 1.79 bits per heavy atom. The van der Waals surface area contributed by atoms with Crippen molar-refractivity contribution in [3.05, 3.63) is 53.1 Å². The zero-order chi connectivity index (χ0) is 17.3. The third kappa shape index (κ3) is 3.17. The molecule has 5 nitrogen and oxygen atoms in total. The van der Waals surface area contributed by atoms with Crippen LogP contribution < -0.4 is 0 Å². The van der Waals surface area contributed by atoms with Crippen LogP contribution in [0.25, 0.3) is 11.1 Å². The van der Waals surface area contributed by atoms with Gasteiger partial charge in [-0.2, -0.15) is 4.31 Å². The maximum atomic E-state index is 12.7. The van der Waals surface area contributed by atoms with Crippen molar-refractivity contribution >= 4 is 27.6 Å². The summed E-state index contributed by atoms with van der Waals surface area (Å²) in [5.41, 5.74) is 1.17. The molecule has 1 heterocycles. The van der Waals surface area contributed by atoms with E-state index >= 15 is 0 Å². The summed E-state index contributed by atoms with van der Waals surface area (Å²) < 4.78 is 26.8. The molecule has 2 aromatic carbocycles. The summed E-state index contributed by atoms with van der Waals surface area (Å²) >= 11 is 6.18. The monoisotopic (exact) mass is 365 g/mol. The van der Waals surface area contributed by atoms with Crippen LogP contribution in [0.15, 0.2) is 47.4 Å². The van der Waals surface area contributed by atoms with Crippen molar-refractivity contribution in [3.63, 3.8) is 0 Å². The highest BCUT2D eigenvalue weighted by Gasteiger charge is 2.27. The van der Waals surface area contributed by atoms with E-state index < -0.39 is 16.0 Å². The van der Waals surface area contributed by atoms with Crippen LogP contribution in [0.3, 0.4) is 0 Å². The maximum Gasteiger partial charge on any atom is 0.335 e. The van der Waals surface area contributed by atoms with Gasteiger partial charge in [0.2, 0.25) is 10.0 Å². The van der Waals surface area contributed by atoms with Crippen molar-refractivity contribution < 1.29 is 18.3 Å². The number of rotatable bonds is 4. The SMILES string of the molecule is O=C(O)c1ccc(Cl)c(-c2cccc(S(=O)(=O)N3CCCC3)c2)c1. The van der Waals surface area contributed by atoms with Gasteiger partial charge in [-0.1, -0.05) is 23.7 Å². The van der Waals surface area contributed by atoms with Gasteiger partial charge < -0.3 is 5.11 Å². The van der Waals surface area contributed by atoms with Crippen LogP contribution in [0.4, 0.5) is 0 Å². The molecule has 0 spiro atoms. The highest BCUT2D eigenvalue weighted by atomic mass is 35.5. The van der Waals surface area contributed by atoms with Gasteiger partial charge in [0.1, 0.15) is 0 Å². The Balaban J connectivity index is 2.05. The summed E-state index contributed by atoms with van der Waals surface area (Å²) in [6.07, 6.45) is 1.73. The maximum absolute atomic E-state index is 12.7. The molecule has 7 heteroatoms. The van der Waals surface area contributed by atoms with Crippen LogP contribution in [0.2, 0.25) is 5.02 Å². The fourth-order valence-corrected chi connectivity index (χ4v) is 4.57. The van der Waals surface area contributed by atoms with Crippen molar-refractivity contribution in [3.8, 4) is 11.1 Å². The Kier molecular flexibility index (Phi) is 4.62. The summed E-state index contributed by atoms with van der Waals surface area (Å²) in [6, 6.07) is 10.8. The van der Waals surface area contributed by atoms with E-state index in [9.17, 15) is 13.2 Å². The second kappa shape index (κ2) is 6.55. The Morgan fingerprint density at radius 1 is 1.08 bits per heavy atom. The second-order valence-corrected chi connectivity index (χ2v) is 7.98. The molecular formula is C17H16ClNO4S. The first-order valence-corrected chi connectivity index (χ1v) is 9.35. The first-order chi connectivity index (χ1) is 11.4. The molecule has 1 saturated heterocycles. The Hall–Kier alpha value is -1.89. The lowest BCUT2D eigenvalue weighted by atomic mass is 10.0. The molecule has 2 aromatic rings. The Morgan fingerprint density at radius 3 is 2.46 bits per heavy atom. The third-order valence-electron chi connectivity index (χ3n) is 4.06. The summed E-state index contributed by atoms with van der Waals surface area (Å²) in [6.45, 7) is 1.06. The average Bonchev–Trinajstić information content (AvgIpc) is 3.10. The van der Waals surface area contributed by atoms with Crippen LogP contribution in [0.5, 0.6) is 0 Å². The summed E-state index contributed by atoms with van der Waals surface area (Å²) in [5, 5.41) is 9.50. The summed E-state index contributed by atoms with van der Waals surface area (Å²) in [5.74, 6) is -1.06. The minimum absolute atomic E-state index is 0.0993. The normalized spacial score (nSPS) is 15.5. The zero-order valence-electron chi connectivity index (χ0n) is 12.8. The molecule has 1 aliphatic heterocycles. The molecule has 0 saturated carbocycles. The van der Waals surface area contributed by atoms with Gasteiger partial charge in [-0.25, -0.2) is 13.2 Å². The molecule has 0 amide bonds. The molecule has 1 fully saturated rings. The first-order valence-electron chi connectivity index (χ1n) is 7.53. The fourth-order valence-electron chi connectivity index (χ4n) is 2.78. The molecule has 0 aliphatic carbocycles. The lowest BCUT2D eigenvalue weighted by molar-refractivity contribution is 0.0697. The smallest absolute Gasteiger partial charge is 0.335 e. The molecule has 0 atom stereocenters. The number of carbonyl (C=O) groups is 1.